The summed E-state index contributed by atoms with van der Waals surface area (Å²) in [6.45, 7) is 0.348. The Morgan fingerprint density at radius 2 is 1.83 bits per heavy atom. The van der Waals surface area contributed by atoms with Gasteiger partial charge in [-0.15, -0.1) is 0 Å². The van der Waals surface area contributed by atoms with Crippen LogP contribution in [0, 0.1) is 0 Å². The minimum absolute atomic E-state index is 0.0274. The van der Waals surface area contributed by atoms with E-state index in [0.29, 0.717) is 31.9 Å². The topological polar surface area (TPSA) is 101 Å². The van der Waals surface area contributed by atoms with E-state index in [-0.39, 0.29) is 11.8 Å². The molecule has 9 heteroatoms. The number of rotatable bonds is 12. The average Bonchev–Trinajstić information content (AvgIpc) is 2.73. The van der Waals surface area contributed by atoms with E-state index in [1.165, 1.54) is 4.31 Å². The van der Waals surface area contributed by atoms with Crippen LogP contribution >= 0.6 is 0 Å². The third kappa shape index (κ3) is 8.26. The van der Waals surface area contributed by atoms with E-state index in [2.05, 4.69) is 15.3 Å². The highest BCUT2D eigenvalue weighted by Gasteiger charge is 2.32. The van der Waals surface area contributed by atoms with Crippen LogP contribution in [-0.4, -0.2) is 55.2 Å². The molecule has 0 unspecified atom stereocenters. The molecule has 1 heterocycles. The summed E-state index contributed by atoms with van der Waals surface area (Å²) in [7, 11) is -3.38. The van der Waals surface area contributed by atoms with Gasteiger partial charge in [-0.25, -0.2) is 12.8 Å². The van der Waals surface area contributed by atoms with Crippen molar-refractivity contribution in [1.82, 2.24) is 9.29 Å². The van der Waals surface area contributed by atoms with Crippen molar-refractivity contribution in [3.05, 3.63) is 24.5 Å². The summed E-state index contributed by atoms with van der Waals surface area (Å²) in [5, 5.41) is 2.67. The Morgan fingerprint density at radius 1 is 1.14 bits per heavy atom. The summed E-state index contributed by atoms with van der Waals surface area (Å²) in [5.74, 6) is 0.365. The highest BCUT2D eigenvalue weighted by atomic mass is 32.2. The first-order valence-electron chi connectivity index (χ1n) is 10.6. The molecule has 0 saturated heterocycles. The maximum Gasteiger partial charge on any atom is 0.217 e. The predicted octanol–water partition coefficient (Wildman–Crippen LogP) is 3.30. The van der Waals surface area contributed by atoms with Crippen molar-refractivity contribution >= 4 is 21.7 Å². The van der Waals surface area contributed by atoms with Crippen molar-refractivity contribution in [3.8, 4) is 0 Å². The number of alkyl halides is 1. The van der Waals surface area contributed by atoms with Gasteiger partial charge in [0.15, 0.2) is 5.96 Å². The van der Waals surface area contributed by atoms with E-state index in [1.807, 2.05) is 12.1 Å². The Hall–Kier alpha value is -1.74. The van der Waals surface area contributed by atoms with Crippen LogP contribution in [-0.2, 0) is 10.0 Å². The van der Waals surface area contributed by atoms with Gasteiger partial charge in [-0.1, -0.05) is 32.1 Å². The first-order chi connectivity index (χ1) is 14.0. The predicted molar refractivity (Wildman–Crippen MR) is 116 cm³/mol. The van der Waals surface area contributed by atoms with Gasteiger partial charge in [-0.2, -0.15) is 4.31 Å². The Kier molecular flexibility index (Phi) is 10.3. The van der Waals surface area contributed by atoms with Gasteiger partial charge in [0.1, 0.15) is 6.67 Å². The van der Waals surface area contributed by atoms with Crippen molar-refractivity contribution in [2.75, 3.05) is 31.6 Å². The molecule has 3 N–H and O–H groups in total. The van der Waals surface area contributed by atoms with Crippen molar-refractivity contribution in [3.63, 3.8) is 0 Å². The third-order valence-electron chi connectivity index (χ3n) is 5.22. The first kappa shape index (κ1) is 23.5. The zero-order valence-electron chi connectivity index (χ0n) is 17.1. The van der Waals surface area contributed by atoms with Gasteiger partial charge in [0.05, 0.1) is 5.25 Å². The number of halogens is 1. The molecule has 1 aliphatic rings. The molecular formula is C20H34FN5O2S. The van der Waals surface area contributed by atoms with Gasteiger partial charge in [-0.05, 0) is 37.8 Å². The number of nitrogens with one attached hydrogen (secondary N) is 1. The number of hydrogen-bond acceptors (Lipinski definition) is 4. The number of anilines is 1. The molecule has 1 aromatic rings. The molecule has 7 nitrogen and oxygen atoms in total. The van der Waals surface area contributed by atoms with Gasteiger partial charge in [0, 0.05) is 37.7 Å². The minimum atomic E-state index is -3.38. The standard InChI is InChI=1S/C20H34FN5O2S/c21-12-17-26(29(27,28)19-8-4-3-5-9-19)16-7-2-1-6-13-24-20(22)25-18-10-14-23-15-11-18/h10-11,14-15,19H,1-9,12-13,16-17H2,(H3,22,23,24,25). The number of guanidine groups is 1. The van der Waals surface area contributed by atoms with E-state index in [1.54, 1.807) is 12.4 Å². The van der Waals surface area contributed by atoms with Crippen LogP contribution in [0.3, 0.4) is 0 Å². The fourth-order valence-corrected chi connectivity index (χ4v) is 5.67. The summed E-state index contributed by atoms with van der Waals surface area (Å²) in [6.07, 6.45) is 11.2. The fourth-order valence-electron chi connectivity index (χ4n) is 3.61. The lowest BCUT2D eigenvalue weighted by atomic mass is 10.0. The quantitative estimate of drug-likeness (QED) is 0.303. The molecule has 0 spiro atoms. The van der Waals surface area contributed by atoms with Crippen LogP contribution in [0.4, 0.5) is 10.1 Å². The van der Waals surface area contributed by atoms with Gasteiger partial charge in [0.25, 0.3) is 0 Å². The maximum atomic E-state index is 12.9. The molecular weight excluding hydrogens is 393 g/mol. The van der Waals surface area contributed by atoms with Crippen LogP contribution in [0.5, 0.6) is 0 Å². The van der Waals surface area contributed by atoms with Crippen LogP contribution in [0.2, 0.25) is 0 Å². The summed E-state index contributed by atoms with van der Waals surface area (Å²) < 4.78 is 39.8. The summed E-state index contributed by atoms with van der Waals surface area (Å²) in [4.78, 5) is 8.23. The molecule has 1 aliphatic carbocycles. The molecule has 0 bridgehead atoms. The van der Waals surface area contributed by atoms with Gasteiger partial charge >= 0.3 is 0 Å². The van der Waals surface area contributed by atoms with Gasteiger partial charge in [0.2, 0.25) is 10.0 Å². The van der Waals surface area contributed by atoms with Gasteiger partial charge in [-0.3, -0.25) is 9.98 Å². The molecule has 164 valence electrons. The smallest absolute Gasteiger partial charge is 0.217 e. The molecule has 29 heavy (non-hydrogen) atoms. The second kappa shape index (κ2) is 12.7. The van der Waals surface area contributed by atoms with Crippen molar-refractivity contribution < 1.29 is 12.8 Å². The normalized spacial score (nSPS) is 16.3. The Balaban J connectivity index is 1.66. The number of sulfonamides is 1. The highest BCUT2D eigenvalue weighted by molar-refractivity contribution is 7.89. The highest BCUT2D eigenvalue weighted by Crippen LogP contribution is 2.26. The van der Waals surface area contributed by atoms with E-state index in [4.69, 9.17) is 5.73 Å². The fraction of sp³-hybridized carbons (Fsp3) is 0.700. The van der Waals surface area contributed by atoms with Crippen molar-refractivity contribution in [2.45, 2.75) is 63.0 Å². The molecule has 1 aromatic heterocycles. The summed E-state index contributed by atoms with van der Waals surface area (Å²) in [5.41, 5.74) is 6.69. The zero-order valence-corrected chi connectivity index (χ0v) is 17.9. The number of aliphatic imine (C=N–C) groups is 1. The zero-order chi connectivity index (χ0) is 21.0. The molecule has 1 saturated carbocycles. The Bertz CT molecular complexity index is 709. The molecule has 2 rings (SSSR count). The Morgan fingerprint density at radius 3 is 2.52 bits per heavy atom. The second-order valence-electron chi connectivity index (χ2n) is 7.44. The summed E-state index contributed by atoms with van der Waals surface area (Å²) in [6, 6.07) is 3.62. The number of unbranched alkanes of at least 4 members (excludes halogenated alkanes) is 3. The SMILES string of the molecule is NC(=NCCCCCCN(CCF)S(=O)(=O)C1CCCCC1)Nc1ccncc1. The van der Waals surface area contributed by atoms with Crippen LogP contribution in [0.1, 0.15) is 57.8 Å². The molecule has 1 fully saturated rings. The van der Waals surface area contributed by atoms with Gasteiger partial charge < -0.3 is 11.1 Å². The lowest BCUT2D eigenvalue weighted by Gasteiger charge is -2.29. The van der Waals surface area contributed by atoms with E-state index in [9.17, 15) is 12.8 Å². The molecule has 0 amide bonds. The number of pyridine rings is 1. The number of hydrogen-bond donors (Lipinski definition) is 2. The minimum Gasteiger partial charge on any atom is -0.370 e. The summed E-state index contributed by atoms with van der Waals surface area (Å²) >= 11 is 0. The molecule has 0 radical (unpaired) electrons. The number of nitrogens with two attached hydrogens (primary N) is 1. The van der Waals surface area contributed by atoms with E-state index >= 15 is 0 Å². The first-order valence-corrected chi connectivity index (χ1v) is 12.1. The lowest BCUT2D eigenvalue weighted by molar-refractivity contribution is 0.339. The monoisotopic (exact) mass is 427 g/mol. The number of aromatic nitrogens is 1. The lowest BCUT2D eigenvalue weighted by Crippen LogP contribution is -2.41. The van der Waals surface area contributed by atoms with Crippen LogP contribution in [0.15, 0.2) is 29.5 Å². The third-order valence-corrected chi connectivity index (χ3v) is 7.62. The molecule has 0 aromatic carbocycles. The van der Waals surface area contributed by atoms with Crippen molar-refractivity contribution in [1.29, 1.82) is 0 Å². The largest absolute Gasteiger partial charge is 0.370 e. The molecule has 0 aliphatic heterocycles. The van der Waals surface area contributed by atoms with Crippen LogP contribution < -0.4 is 11.1 Å². The van der Waals surface area contributed by atoms with E-state index in [0.717, 1.165) is 50.6 Å². The van der Waals surface area contributed by atoms with E-state index < -0.39 is 16.7 Å². The van der Waals surface area contributed by atoms with Crippen LogP contribution in [0.25, 0.3) is 0 Å². The second-order valence-corrected chi connectivity index (χ2v) is 9.65. The average molecular weight is 428 g/mol. The molecule has 0 atom stereocenters. The number of nitrogens with zero attached hydrogens (tertiary/aromatic N) is 3. The maximum absolute atomic E-state index is 12.9. The Labute approximate surface area is 174 Å². The van der Waals surface area contributed by atoms with Crippen molar-refractivity contribution in [2.24, 2.45) is 10.7 Å².